The molecule has 0 aliphatic carbocycles. The number of piperidine rings is 1. The molecule has 8 nitrogen and oxygen atoms in total. The molecular weight excluding hydrogens is 457 g/mol. The second kappa shape index (κ2) is 9.30. The summed E-state index contributed by atoms with van der Waals surface area (Å²) in [5.41, 5.74) is 1.67. The highest BCUT2D eigenvalue weighted by Crippen LogP contribution is 2.48. The van der Waals surface area contributed by atoms with E-state index in [1.165, 1.54) is 22.2 Å². The number of aryl methyl sites for hydroxylation is 2. The summed E-state index contributed by atoms with van der Waals surface area (Å²) in [5.74, 6) is 1.70. The summed E-state index contributed by atoms with van der Waals surface area (Å²) >= 11 is 1.79. The average molecular weight is 490 g/mol. The first-order valence-corrected chi connectivity index (χ1v) is 13.6. The Morgan fingerprint density at radius 3 is 2.77 bits per heavy atom. The van der Waals surface area contributed by atoms with Gasteiger partial charge in [-0.15, -0.1) is 11.3 Å². The van der Waals surface area contributed by atoms with E-state index in [4.69, 9.17) is 4.98 Å². The minimum atomic E-state index is 0.341. The van der Waals surface area contributed by atoms with Crippen molar-refractivity contribution >= 4 is 41.0 Å². The van der Waals surface area contributed by atoms with Crippen molar-refractivity contribution in [3.8, 4) is 0 Å². The van der Waals surface area contributed by atoms with E-state index < -0.39 is 0 Å². The third-order valence-corrected chi connectivity index (χ3v) is 9.46. The van der Waals surface area contributed by atoms with Crippen molar-refractivity contribution in [2.24, 2.45) is 18.4 Å². The molecule has 183 valence electrons. The molecule has 0 N–H and O–H groups in total. The molecule has 3 aromatic heterocycles. The first-order valence-electron chi connectivity index (χ1n) is 12.8. The van der Waals surface area contributed by atoms with Crippen LogP contribution in [0.4, 0.5) is 5.82 Å². The predicted molar refractivity (Wildman–Crippen MR) is 140 cm³/mol. The van der Waals surface area contributed by atoms with Gasteiger partial charge in [0.05, 0.1) is 17.8 Å². The fraction of sp³-hybridized carbons (Fsp3) is 0.600. The summed E-state index contributed by atoms with van der Waals surface area (Å²) in [6.07, 6.45) is 11.4. The largest absolute Gasteiger partial charge is 0.355 e. The van der Waals surface area contributed by atoms with Crippen molar-refractivity contribution in [1.29, 1.82) is 0 Å². The number of rotatable bonds is 7. The van der Waals surface area contributed by atoms with Crippen LogP contribution in [0.3, 0.4) is 0 Å². The van der Waals surface area contributed by atoms with Crippen LogP contribution in [0, 0.1) is 11.3 Å². The van der Waals surface area contributed by atoms with E-state index in [1.807, 2.05) is 11.7 Å². The van der Waals surface area contributed by atoms with Crippen LogP contribution in [0.1, 0.15) is 42.7 Å². The Hall–Kier alpha value is -2.30. The third kappa shape index (κ3) is 4.30. The molecule has 0 saturated carbocycles. The van der Waals surface area contributed by atoms with Crippen molar-refractivity contribution in [3.63, 3.8) is 0 Å². The Morgan fingerprint density at radius 2 is 2.06 bits per heavy atom. The topological polar surface area (TPSA) is 70.4 Å². The lowest BCUT2D eigenvalue weighted by atomic mass is 9.74. The number of hydrogen-bond acceptors (Lipinski definition) is 8. The zero-order valence-corrected chi connectivity index (χ0v) is 21.5. The van der Waals surface area contributed by atoms with E-state index in [0.29, 0.717) is 17.4 Å². The van der Waals surface area contributed by atoms with Crippen LogP contribution in [0.5, 0.6) is 0 Å². The first-order chi connectivity index (χ1) is 17.1. The van der Waals surface area contributed by atoms with Crippen LogP contribution in [0.2, 0.25) is 0 Å². The Balaban J connectivity index is 1.17. The Labute approximate surface area is 211 Å². The van der Waals surface area contributed by atoms with Crippen LogP contribution in [0.15, 0.2) is 24.8 Å². The number of thiophene rings is 1. The molecule has 10 heteroatoms. The molecule has 6 rings (SSSR count). The van der Waals surface area contributed by atoms with Gasteiger partial charge in [0.15, 0.2) is 0 Å². The van der Waals surface area contributed by atoms with Gasteiger partial charge in [-0.05, 0) is 50.8 Å². The van der Waals surface area contributed by atoms with Gasteiger partial charge in [0, 0.05) is 61.3 Å². The van der Waals surface area contributed by atoms with Gasteiger partial charge in [-0.3, -0.25) is 9.58 Å². The molecule has 3 fully saturated rings. The quantitative estimate of drug-likeness (QED) is 0.373. The van der Waals surface area contributed by atoms with Crippen molar-refractivity contribution in [3.05, 3.63) is 35.2 Å². The molecule has 1 radical (unpaired) electrons. The van der Waals surface area contributed by atoms with E-state index in [9.17, 15) is 4.79 Å². The number of nitrogens with zero attached hydrogens (tertiary/aromatic N) is 7. The number of hydrogen-bond donors (Lipinski definition) is 0. The molecule has 0 amide bonds. The molecule has 35 heavy (non-hydrogen) atoms. The second-order valence-corrected chi connectivity index (χ2v) is 11.7. The van der Waals surface area contributed by atoms with Crippen LogP contribution in [-0.4, -0.2) is 82.3 Å². The summed E-state index contributed by atoms with van der Waals surface area (Å²) in [7, 11) is 3.70. The molecule has 3 aliphatic heterocycles. The Morgan fingerprint density at radius 1 is 1.23 bits per heavy atom. The van der Waals surface area contributed by atoms with E-state index in [1.54, 1.807) is 25.1 Å². The maximum absolute atomic E-state index is 10.9. The molecule has 0 bridgehead atoms. The predicted octanol–water partition coefficient (Wildman–Crippen LogP) is 2.76. The third-order valence-electron chi connectivity index (χ3n) is 8.27. The van der Waals surface area contributed by atoms with Gasteiger partial charge in [-0.25, -0.2) is 9.97 Å². The van der Waals surface area contributed by atoms with Crippen LogP contribution < -0.4 is 4.90 Å². The highest BCUT2D eigenvalue weighted by molar-refractivity contribution is 7.18. The monoisotopic (exact) mass is 490 g/mol. The zero-order chi connectivity index (χ0) is 24.0. The molecule has 6 heterocycles. The SMILES string of the molecule is CCc1cc2c(N3CCC4(C3)CN(C(c3cnn(C)c3)C3CCN([B]C=O)CC3)C4)ncnc2s1. The second-order valence-electron chi connectivity index (χ2n) is 10.6. The molecule has 1 unspecified atom stereocenters. The summed E-state index contributed by atoms with van der Waals surface area (Å²) in [6, 6.07) is 2.69. The minimum Gasteiger partial charge on any atom is -0.355 e. The van der Waals surface area contributed by atoms with Crippen LogP contribution >= 0.6 is 11.3 Å². The number of likely N-dealkylation sites (tertiary alicyclic amines) is 1. The molecule has 3 saturated heterocycles. The summed E-state index contributed by atoms with van der Waals surface area (Å²) in [4.78, 5) is 30.0. The van der Waals surface area contributed by atoms with Crippen molar-refractivity contribution < 1.29 is 4.79 Å². The normalized spacial score (nSPS) is 22.1. The van der Waals surface area contributed by atoms with Crippen LogP contribution in [-0.2, 0) is 18.3 Å². The first kappa shape index (κ1) is 23.1. The lowest BCUT2D eigenvalue weighted by Gasteiger charge is -2.54. The number of aromatic nitrogens is 4. The Kier molecular flexibility index (Phi) is 6.14. The maximum atomic E-state index is 10.9. The molecular formula is C25H33BN7OS. The zero-order valence-electron chi connectivity index (χ0n) is 20.6. The smallest absolute Gasteiger partial charge is 0.293 e. The highest BCUT2D eigenvalue weighted by atomic mass is 32.1. The van der Waals surface area contributed by atoms with Crippen molar-refractivity contribution in [2.45, 2.75) is 38.6 Å². The van der Waals surface area contributed by atoms with Gasteiger partial charge in [0.2, 0.25) is 0 Å². The van der Waals surface area contributed by atoms with Gasteiger partial charge in [0.25, 0.3) is 7.41 Å². The average Bonchev–Trinajstić information content (AvgIpc) is 3.58. The standard InChI is InChI=1S/C25H33BN7OS/c1-3-20-10-21-23(27-17-28-24(21)35-20)31-9-6-25(13-31)14-32(15-25)22(19-11-29-30(2)12-19)18-4-7-33(8-5-18)26-16-34/h10-12,16-18,22H,3-9,13-15H2,1-2H3. The fourth-order valence-corrected chi connectivity index (χ4v) is 7.48. The van der Waals surface area contributed by atoms with Gasteiger partial charge >= 0.3 is 0 Å². The molecule has 0 aromatic carbocycles. The summed E-state index contributed by atoms with van der Waals surface area (Å²) in [5, 5.41) is 5.72. The molecule has 3 aliphatic rings. The Bertz CT molecular complexity index is 1200. The maximum Gasteiger partial charge on any atom is 0.293 e. The number of carbonyl (C=O) groups excluding carboxylic acids is 1. The van der Waals surface area contributed by atoms with Crippen molar-refractivity contribution in [2.75, 3.05) is 44.2 Å². The lowest BCUT2D eigenvalue weighted by molar-refractivity contribution is -0.0436. The van der Waals surface area contributed by atoms with Crippen molar-refractivity contribution in [1.82, 2.24) is 29.5 Å². The summed E-state index contributed by atoms with van der Waals surface area (Å²) in [6.45, 7) is 8.50. The highest BCUT2D eigenvalue weighted by Gasteiger charge is 2.51. The van der Waals surface area contributed by atoms with E-state index >= 15 is 0 Å². The van der Waals surface area contributed by atoms with E-state index in [2.05, 4.69) is 50.1 Å². The van der Waals surface area contributed by atoms with Gasteiger partial charge in [0.1, 0.15) is 17.0 Å². The minimum absolute atomic E-state index is 0.341. The van der Waals surface area contributed by atoms with E-state index in [0.717, 1.165) is 75.4 Å². The summed E-state index contributed by atoms with van der Waals surface area (Å²) < 4.78 is 1.93. The van der Waals surface area contributed by atoms with Gasteiger partial charge < -0.3 is 14.5 Å². The van der Waals surface area contributed by atoms with Gasteiger partial charge in [-0.1, -0.05) is 6.92 Å². The van der Waals surface area contributed by atoms with Crippen LogP contribution in [0.25, 0.3) is 10.2 Å². The molecule has 1 spiro atoms. The number of carbonyl (C=O) groups is 1. The lowest BCUT2D eigenvalue weighted by Crippen LogP contribution is -2.60. The number of fused-ring (bicyclic) bond motifs is 1. The van der Waals surface area contributed by atoms with E-state index in [-0.39, 0.29) is 0 Å². The fourth-order valence-electron chi connectivity index (χ4n) is 6.55. The molecule has 1 atom stereocenters. The molecule has 3 aromatic rings. The number of anilines is 1. The van der Waals surface area contributed by atoms with Gasteiger partial charge in [-0.2, -0.15) is 5.10 Å².